The maximum absolute atomic E-state index is 13.3. The molecule has 1 fully saturated rings. The molecule has 1 unspecified atom stereocenters. The van der Waals surface area contributed by atoms with Gasteiger partial charge in [0.2, 0.25) is 5.91 Å². The fourth-order valence-corrected chi connectivity index (χ4v) is 6.12. The van der Waals surface area contributed by atoms with Crippen molar-refractivity contribution in [2.45, 2.75) is 37.9 Å². The fraction of sp³-hybridized carbons (Fsp3) is 0.333. The highest BCUT2D eigenvalue weighted by Crippen LogP contribution is 2.30. The summed E-state index contributed by atoms with van der Waals surface area (Å²) in [6, 6.07) is 23.4. The van der Waals surface area contributed by atoms with Crippen LogP contribution < -0.4 is 9.47 Å². The lowest BCUT2D eigenvalue weighted by Gasteiger charge is -2.40. The molecule has 0 saturated carbocycles. The molecule has 1 aliphatic heterocycles. The molecule has 2 heterocycles. The van der Waals surface area contributed by atoms with Gasteiger partial charge in [0.05, 0.1) is 19.8 Å². The average Bonchev–Trinajstić information content (AvgIpc) is 3.46. The van der Waals surface area contributed by atoms with Crippen LogP contribution >= 0.6 is 11.8 Å². The predicted molar refractivity (Wildman–Crippen MR) is 168 cm³/mol. The first kappa shape index (κ1) is 30.2. The van der Waals surface area contributed by atoms with E-state index in [1.54, 1.807) is 44.2 Å². The van der Waals surface area contributed by atoms with E-state index in [0.717, 1.165) is 28.0 Å². The van der Waals surface area contributed by atoms with E-state index in [-0.39, 0.29) is 17.9 Å². The van der Waals surface area contributed by atoms with Crippen molar-refractivity contribution in [3.05, 3.63) is 83.9 Å². The second kappa shape index (κ2) is 13.8. The predicted octanol–water partition coefficient (Wildman–Crippen LogP) is 5.51. The molecule has 1 aliphatic rings. The van der Waals surface area contributed by atoms with Crippen molar-refractivity contribution < 1.29 is 19.1 Å². The zero-order valence-corrected chi connectivity index (χ0v) is 25.8. The number of aryl methyl sites for hydroxylation is 1. The second-order valence-corrected chi connectivity index (χ2v) is 11.6. The van der Waals surface area contributed by atoms with Crippen LogP contribution in [0, 0.1) is 6.92 Å². The molecule has 3 aromatic carbocycles. The summed E-state index contributed by atoms with van der Waals surface area (Å²) in [5.41, 5.74) is 3.67. The van der Waals surface area contributed by atoms with Crippen molar-refractivity contribution in [2.75, 3.05) is 39.6 Å². The number of hydrogen-bond acceptors (Lipinski definition) is 7. The van der Waals surface area contributed by atoms with Crippen LogP contribution in [0.1, 0.15) is 35.7 Å². The Morgan fingerprint density at radius 1 is 0.953 bits per heavy atom. The van der Waals surface area contributed by atoms with Gasteiger partial charge in [0.15, 0.2) is 11.0 Å². The number of methoxy groups -OCH3 is 2. The summed E-state index contributed by atoms with van der Waals surface area (Å²) in [6.45, 7) is 5.52. The topological polar surface area (TPSA) is 89.8 Å². The maximum Gasteiger partial charge on any atom is 0.257 e. The van der Waals surface area contributed by atoms with Gasteiger partial charge < -0.3 is 19.3 Å². The SMILES string of the molecule is COc1ccc(C(=O)N2CCN(C(=O)CCCSc3nnc(-c4ccccc4)n3-c3ccc(C)cc3)CC2C)c(OC)c1. The number of thioether (sulfide) groups is 1. The minimum Gasteiger partial charge on any atom is -0.497 e. The van der Waals surface area contributed by atoms with Gasteiger partial charge in [-0.3, -0.25) is 14.2 Å². The minimum atomic E-state index is -0.115. The van der Waals surface area contributed by atoms with Gasteiger partial charge in [0.1, 0.15) is 11.5 Å². The van der Waals surface area contributed by atoms with Crippen LogP contribution in [0.15, 0.2) is 78.0 Å². The van der Waals surface area contributed by atoms with E-state index in [1.165, 1.54) is 5.56 Å². The Balaban J connectivity index is 1.17. The second-order valence-electron chi connectivity index (χ2n) is 10.5. The van der Waals surface area contributed by atoms with E-state index < -0.39 is 0 Å². The van der Waals surface area contributed by atoms with Gasteiger partial charge in [-0.1, -0.05) is 59.8 Å². The number of aromatic nitrogens is 3. The smallest absolute Gasteiger partial charge is 0.257 e. The molecular weight excluding hydrogens is 562 g/mol. The van der Waals surface area contributed by atoms with Crippen LogP contribution in [0.4, 0.5) is 0 Å². The molecule has 0 aliphatic carbocycles. The zero-order chi connectivity index (χ0) is 30.3. The summed E-state index contributed by atoms with van der Waals surface area (Å²) in [6.07, 6.45) is 1.14. The van der Waals surface area contributed by atoms with Crippen molar-refractivity contribution >= 4 is 23.6 Å². The number of benzene rings is 3. The highest BCUT2D eigenvalue weighted by molar-refractivity contribution is 7.99. The third-order valence-electron chi connectivity index (χ3n) is 7.60. The van der Waals surface area contributed by atoms with Gasteiger partial charge >= 0.3 is 0 Å². The molecule has 1 saturated heterocycles. The van der Waals surface area contributed by atoms with Gasteiger partial charge in [0.25, 0.3) is 5.91 Å². The Kier molecular flexibility index (Phi) is 9.66. The molecule has 0 N–H and O–H groups in total. The van der Waals surface area contributed by atoms with Crippen LogP contribution in [0.3, 0.4) is 0 Å². The zero-order valence-electron chi connectivity index (χ0n) is 25.0. The lowest BCUT2D eigenvalue weighted by atomic mass is 10.1. The number of amides is 2. The molecule has 10 heteroatoms. The van der Waals surface area contributed by atoms with Gasteiger partial charge in [-0.25, -0.2) is 0 Å². The van der Waals surface area contributed by atoms with E-state index in [4.69, 9.17) is 9.47 Å². The third-order valence-corrected chi connectivity index (χ3v) is 8.62. The van der Waals surface area contributed by atoms with Gasteiger partial charge in [0, 0.05) is 55.2 Å². The number of nitrogens with zero attached hydrogens (tertiary/aromatic N) is 5. The van der Waals surface area contributed by atoms with Gasteiger partial charge in [-0.2, -0.15) is 0 Å². The summed E-state index contributed by atoms with van der Waals surface area (Å²) >= 11 is 1.60. The number of hydrogen-bond donors (Lipinski definition) is 0. The summed E-state index contributed by atoms with van der Waals surface area (Å²) in [5, 5.41) is 9.82. The van der Waals surface area contributed by atoms with Crippen molar-refractivity contribution in [2.24, 2.45) is 0 Å². The normalized spacial score (nSPS) is 14.9. The lowest BCUT2D eigenvalue weighted by Crippen LogP contribution is -2.55. The molecule has 1 atom stereocenters. The summed E-state index contributed by atoms with van der Waals surface area (Å²) in [5.74, 6) is 2.62. The molecule has 43 heavy (non-hydrogen) atoms. The van der Waals surface area contributed by atoms with Crippen LogP contribution in [-0.4, -0.2) is 82.0 Å². The van der Waals surface area contributed by atoms with Crippen LogP contribution in [0.5, 0.6) is 11.5 Å². The first-order valence-electron chi connectivity index (χ1n) is 14.4. The first-order valence-corrected chi connectivity index (χ1v) is 15.4. The Morgan fingerprint density at radius 2 is 1.72 bits per heavy atom. The van der Waals surface area contributed by atoms with E-state index in [1.807, 2.05) is 47.1 Å². The largest absolute Gasteiger partial charge is 0.497 e. The number of carbonyl (C=O) groups is 2. The highest BCUT2D eigenvalue weighted by Gasteiger charge is 2.31. The fourth-order valence-electron chi connectivity index (χ4n) is 5.22. The monoisotopic (exact) mass is 599 g/mol. The Bertz CT molecular complexity index is 1560. The molecule has 1 aromatic heterocycles. The van der Waals surface area contributed by atoms with Crippen LogP contribution in [0.25, 0.3) is 17.1 Å². The molecule has 9 nitrogen and oxygen atoms in total. The standard InChI is InChI=1S/C33H37N5O4S/c1-23-12-14-26(15-13-23)38-31(25-9-6-5-7-10-25)34-35-33(38)43-20-8-11-30(39)36-18-19-37(24(2)22-36)32(40)28-17-16-27(41-3)21-29(28)42-4/h5-7,9-10,12-17,21,24H,8,11,18-20,22H2,1-4H3. The van der Waals surface area contributed by atoms with E-state index >= 15 is 0 Å². The molecular formula is C33H37N5O4S. The number of carbonyl (C=O) groups excluding carboxylic acids is 2. The van der Waals surface area contributed by atoms with Gasteiger partial charge in [-0.05, 0) is 44.5 Å². The molecule has 224 valence electrons. The minimum absolute atomic E-state index is 0.103. The Morgan fingerprint density at radius 3 is 2.42 bits per heavy atom. The highest BCUT2D eigenvalue weighted by atomic mass is 32.2. The summed E-state index contributed by atoms with van der Waals surface area (Å²) in [7, 11) is 3.12. The van der Waals surface area contributed by atoms with Crippen molar-refractivity contribution in [1.29, 1.82) is 0 Å². The Hall–Kier alpha value is -4.31. The van der Waals surface area contributed by atoms with Crippen LogP contribution in [0.2, 0.25) is 0 Å². The molecule has 5 rings (SSSR count). The van der Waals surface area contributed by atoms with Gasteiger partial charge in [-0.15, -0.1) is 10.2 Å². The number of piperazine rings is 1. The van der Waals surface area contributed by atoms with E-state index in [9.17, 15) is 9.59 Å². The van der Waals surface area contributed by atoms with Crippen molar-refractivity contribution in [3.63, 3.8) is 0 Å². The molecule has 4 aromatic rings. The average molecular weight is 600 g/mol. The van der Waals surface area contributed by atoms with Crippen molar-refractivity contribution in [1.82, 2.24) is 24.6 Å². The molecule has 0 spiro atoms. The summed E-state index contributed by atoms with van der Waals surface area (Å²) < 4.78 is 12.8. The van der Waals surface area contributed by atoms with Crippen LogP contribution in [-0.2, 0) is 4.79 Å². The quantitative estimate of drug-likeness (QED) is 0.176. The number of ether oxygens (including phenoxy) is 2. The molecule has 0 radical (unpaired) electrons. The van der Waals surface area contributed by atoms with Crippen molar-refractivity contribution in [3.8, 4) is 28.6 Å². The summed E-state index contributed by atoms with van der Waals surface area (Å²) in [4.78, 5) is 30.1. The first-order chi connectivity index (χ1) is 20.9. The lowest BCUT2D eigenvalue weighted by molar-refractivity contribution is -0.133. The molecule has 0 bridgehead atoms. The maximum atomic E-state index is 13.3. The number of rotatable bonds is 10. The third kappa shape index (κ3) is 6.85. The van der Waals surface area contributed by atoms with E-state index in [0.29, 0.717) is 49.5 Å². The molecule has 2 amide bonds. The Labute approximate surface area is 256 Å². The van der Waals surface area contributed by atoms with E-state index in [2.05, 4.69) is 46.0 Å².